The van der Waals surface area contributed by atoms with Gasteiger partial charge >= 0.3 is 5.97 Å². The molecule has 0 aliphatic heterocycles. The van der Waals surface area contributed by atoms with Gasteiger partial charge in [0.05, 0.1) is 16.1 Å². The Morgan fingerprint density at radius 3 is 2.77 bits per heavy atom. The van der Waals surface area contributed by atoms with Crippen molar-refractivity contribution < 1.29 is 19.4 Å². The van der Waals surface area contributed by atoms with E-state index in [-0.39, 0.29) is 6.01 Å². The van der Waals surface area contributed by atoms with Crippen molar-refractivity contribution in [3.63, 3.8) is 0 Å². The van der Waals surface area contributed by atoms with Gasteiger partial charge in [0, 0.05) is 35.3 Å². The summed E-state index contributed by atoms with van der Waals surface area (Å²) in [5, 5.41) is 12.9. The Hall–Kier alpha value is -4.30. The maximum atomic E-state index is 12.3. The predicted octanol–water partition coefficient (Wildman–Crippen LogP) is 5.29. The van der Waals surface area contributed by atoms with Crippen LogP contribution in [0.2, 0.25) is 5.02 Å². The van der Waals surface area contributed by atoms with Crippen LogP contribution in [-0.2, 0) is 11.8 Å². The van der Waals surface area contributed by atoms with Crippen molar-refractivity contribution in [1.29, 1.82) is 0 Å². The number of carbonyl (C=O) groups is 2. The number of imidazole rings is 1. The third-order valence-corrected chi connectivity index (χ3v) is 6.13. The molecule has 0 radical (unpaired) electrons. The highest BCUT2D eigenvalue weighted by Gasteiger charge is 2.15. The molecule has 0 atom stereocenters. The molecule has 0 saturated heterocycles. The predicted molar refractivity (Wildman–Crippen MR) is 134 cm³/mol. The fraction of sp³-hybridized carbons (Fsp3) is 0.115. The molecular formula is C26H21ClN4O4. The molecule has 0 bridgehead atoms. The number of rotatable bonds is 6. The van der Waals surface area contributed by atoms with Crippen molar-refractivity contribution in [1.82, 2.24) is 19.9 Å². The van der Waals surface area contributed by atoms with E-state index in [9.17, 15) is 9.59 Å². The normalized spacial score (nSPS) is 11.2. The Morgan fingerprint density at radius 2 is 1.97 bits per heavy atom. The van der Waals surface area contributed by atoms with E-state index in [1.165, 1.54) is 0 Å². The third kappa shape index (κ3) is 4.43. The number of benzene rings is 3. The zero-order valence-corrected chi connectivity index (χ0v) is 19.7. The third-order valence-electron chi connectivity index (χ3n) is 5.81. The Kier molecular flexibility index (Phi) is 5.66. The van der Waals surface area contributed by atoms with Gasteiger partial charge in [-0.25, -0.2) is 0 Å². The van der Waals surface area contributed by atoms with Gasteiger partial charge in [-0.2, -0.15) is 4.98 Å². The van der Waals surface area contributed by atoms with E-state index in [4.69, 9.17) is 21.4 Å². The Balaban J connectivity index is 1.44. The van der Waals surface area contributed by atoms with Crippen molar-refractivity contribution in [2.24, 2.45) is 7.05 Å². The Morgan fingerprint density at radius 1 is 1.14 bits per heavy atom. The Bertz CT molecular complexity index is 1620. The topological polar surface area (TPSA) is 109 Å². The molecule has 8 nitrogen and oxygen atoms in total. The maximum Gasteiger partial charge on any atom is 0.322 e. The first kappa shape index (κ1) is 22.5. The number of nitrogens with zero attached hydrogens (tertiary/aromatic N) is 2. The van der Waals surface area contributed by atoms with Crippen LogP contribution in [0, 0.1) is 6.92 Å². The number of hydrogen-bond donors (Lipinski definition) is 3. The van der Waals surface area contributed by atoms with Crippen LogP contribution in [-0.4, -0.2) is 38.1 Å². The van der Waals surface area contributed by atoms with Gasteiger partial charge in [-0.05, 0) is 60.5 Å². The molecule has 0 saturated carbocycles. The number of aryl methyl sites for hydroxylation is 2. The first-order chi connectivity index (χ1) is 16.8. The van der Waals surface area contributed by atoms with Gasteiger partial charge in [-0.15, -0.1) is 0 Å². The monoisotopic (exact) mass is 488 g/mol. The molecule has 5 rings (SSSR count). The van der Waals surface area contributed by atoms with Gasteiger partial charge in [0.15, 0.2) is 0 Å². The van der Waals surface area contributed by atoms with Gasteiger partial charge in [0.25, 0.3) is 11.9 Å². The molecule has 0 aliphatic rings. The van der Waals surface area contributed by atoms with Crippen molar-refractivity contribution in [2.75, 3.05) is 6.54 Å². The van der Waals surface area contributed by atoms with E-state index in [0.29, 0.717) is 32.9 Å². The van der Waals surface area contributed by atoms with Gasteiger partial charge in [-0.1, -0.05) is 23.7 Å². The summed E-state index contributed by atoms with van der Waals surface area (Å²) in [7, 11) is 2.01. The van der Waals surface area contributed by atoms with Crippen LogP contribution in [0.25, 0.3) is 33.1 Å². The highest BCUT2D eigenvalue weighted by atomic mass is 35.5. The molecule has 176 valence electrons. The molecule has 5 aromatic rings. The number of halogens is 1. The molecule has 0 fully saturated rings. The molecule has 35 heavy (non-hydrogen) atoms. The second kappa shape index (κ2) is 8.81. The number of carbonyl (C=O) groups excluding carboxylic acids is 1. The number of fused-ring (bicyclic) bond motifs is 2. The van der Waals surface area contributed by atoms with Gasteiger partial charge < -0.3 is 24.7 Å². The minimum Gasteiger partial charge on any atom is -0.480 e. The van der Waals surface area contributed by atoms with Gasteiger partial charge in [0.2, 0.25) is 0 Å². The van der Waals surface area contributed by atoms with Crippen LogP contribution in [0.3, 0.4) is 0 Å². The van der Waals surface area contributed by atoms with E-state index >= 15 is 0 Å². The summed E-state index contributed by atoms with van der Waals surface area (Å²) in [5.41, 5.74) is 5.38. The standard InChI is InChI=1S/C26H21ClN4O4/c1-14-3-5-17(10-18(14)25(34)28-13-24(32)33)35-26-29-21-11-19(20(27)12-22(21)30-26)15-4-6-23-16(9-15)7-8-31(23)2/h3-12H,13H2,1-2H3,(H,28,34)(H,29,30)(H,32,33). The fourth-order valence-electron chi connectivity index (χ4n) is 4.00. The van der Waals surface area contributed by atoms with Crippen LogP contribution >= 0.6 is 11.6 Å². The molecule has 0 unspecified atom stereocenters. The fourth-order valence-corrected chi connectivity index (χ4v) is 4.27. The molecule has 0 aliphatic carbocycles. The molecule has 3 aromatic carbocycles. The number of aromatic nitrogens is 3. The number of amides is 1. The summed E-state index contributed by atoms with van der Waals surface area (Å²) in [6.45, 7) is 1.30. The van der Waals surface area contributed by atoms with Crippen molar-refractivity contribution in [3.05, 3.63) is 76.9 Å². The van der Waals surface area contributed by atoms with Crippen LogP contribution in [0.15, 0.2) is 60.8 Å². The van der Waals surface area contributed by atoms with E-state index in [1.807, 2.05) is 25.4 Å². The molecule has 3 N–H and O–H groups in total. The summed E-state index contributed by atoms with van der Waals surface area (Å²) in [5.74, 6) is -1.23. The molecule has 2 aromatic heterocycles. The zero-order valence-electron chi connectivity index (χ0n) is 18.9. The number of aromatic amines is 1. The number of carboxylic acids is 1. The first-order valence-corrected chi connectivity index (χ1v) is 11.2. The van der Waals surface area contributed by atoms with Gasteiger partial charge in [0.1, 0.15) is 12.3 Å². The second-order valence-electron chi connectivity index (χ2n) is 8.25. The van der Waals surface area contributed by atoms with Crippen molar-refractivity contribution in [3.8, 4) is 22.9 Å². The van der Waals surface area contributed by atoms with E-state index < -0.39 is 18.4 Å². The van der Waals surface area contributed by atoms with Crippen LogP contribution in [0.1, 0.15) is 15.9 Å². The lowest BCUT2D eigenvalue weighted by Crippen LogP contribution is -2.29. The largest absolute Gasteiger partial charge is 0.480 e. The smallest absolute Gasteiger partial charge is 0.322 e. The number of H-pyrrole nitrogens is 1. The zero-order chi connectivity index (χ0) is 24.7. The number of ether oxygens (including phenoxy) is 1. The SMILES string of the molecule is Cc1ccc(Oc2nc3cc(-c4ccc5c(ccn5C)c4)c(Cl)cc3[nH]2)cc1C(=O)NCC(=O)O. The number of carboxylic acid groups (broad SMARTS) is 1. The average molecular weight is 489 g/mol. The second-order valence-corrected chi connectivity index (χ2v) is 8.65. The number of aliphatic carboxylic acids is 1. The molecule has 1 amide bonds. The van der Waals surface area contributed by atoms with E-state index in [0.717, 1.165) is 22.0 Å². The summed E-state index contributed by atoms with van der Waals surface area (Å²) in [4.78, 5) is 30.7. The summed E-state index contributed by atoms with van der Waals surface area (Å²) >= 11 is 6.61. The minimum absolute atomic E-state index is 0.243. The van der Waals surface area contributed by atoms with Crippen LogP contribution in [0.5, 0.6) is 11.8 Å². The lowest BCUT2D eigenvalue weighted by molar-refractivity contribution is -0.135. The first-order valence-electron chi connectivity index (χ1n) is 10.8. The highest BCUT2D eigenvalue weighted by molar-refractivity contribution is 6.34. The lowest BCUT2D eigenvalue weighted by atomic mass is 10.0. The summed E-state index contributed by atoms with van der Waals surface area (Å²) < 4.78 is 7.93. The summed E-state index contributed by atoms with van der Waals surface area (Å²) in [6, 6.07) is 17.2. The van der Waals surface area contributed by atoms with Crippen LogP contribution < -0.4 is 10.1 Å². The molecule has 0 spiro atoms. The number of hydrogen-bond acceptors (Lipinski definition) is 4. The summed E-state index contributed by atoms with van der Waals surface area (Å²) in [6.07, 6.45) is 2.02. The molecule has 9 heteroatoms. The van der Waals surface area contributed by atoms with Crippen molar-refractivity contribution in [2.45, 2.75) is 6.92 Å². The maximum absolute atomic E-state index is 12.3. The van der Waals surface area contributed by atoms with E-state index in [2.05, 4.69) is 38.1 Å². The van der Waals surface area contributed by atoms with Gasteiger partial charge in [-0.3, -0.25) is 9.59 Å². The van der Waals surface area contributed by atoms with Crippen molar-refractivity contribution >= 4 is 45.4 Å². The quantitative estimate of drug-likeness (QED) is 0.301. The van der Waals surface area contributed by atoms with E-state index in [1.54, 1.807) is 31.2 Å². The number of nitrogens with one attached hydrogen (secondary N) is 2. The van der Waals surface area contributed by atoms with Crippen LogP contribution in [0.4, 0.5) is 0 Å². The lowest BCUT2D eigenvalue weighted by Gasteiger charge is -2.08. The molecule has 2 heterocycles. The highest BCUT2D eigenvalue weighted by Crippen LogP contribution is 2.34. The average Bonchev–Trinajstić information content (AvgIpc) is 3.39. The molecular weight excluding hydrogens is 468 g/mol. The minimum atomic E-state index is -1.12. The Labute approximate surface area is 205 Å².